The molecule has 0 aromatic rings. The van der Waals surface area contributed by atoms with Crippen LogP contribution in [0.2, 0.25) is 0 Å². The molecule has 0 spiro atoms. The maximum atomic E-state index is 11.4. The van der Waals surface area contributed by atoms with Crippen LogP contribution in [0.4, 0.5) is 9.59 Å². The van der Waals surface area contributed by atoms with E-state index in [1.54, 1.807) is 55.4 Å². The number of ether oxygens (including phenoxy) is 2. The van der Waals surface area contributed by atoms with Crippen molar-refractivity contribution in [3.63, 3.8) is 0 Å². The van der Waals surface area contributed by atoms with Crippen LogP contribution in [0.1, 0.15) is 82.1 Å². The molecule has 4 unspecified atom stereocenters. The van der Waals surface area contributed by atoms with Gasteiger partial charge in [-0.2, -0.15) is 0 Å². The molecule has 0 rings (SSSR count). The van der Waals surface area contributed by atoms with Crippen LogP contribution in [0.25, 0.3) is 0 Å². The highest BCUT2D eigenvalue weighted by Gasteiger charge is 2.28. The van der Waals surface area contributed by atoms with Crippen molar-refractivity contribution >= 4 is 24.1 Å². The van der Waals surface area contributed by atoms with E-state index in [4.69, 9.17) is 19.7 Å². The maximum Gasteiger partial charge on any atom is 0.408 e. The van der Waals surface area contributed by atoms with Gasteiger partial charge < -0.3 is 35.8 Å². The normalized spacial score (nSPS) is 14.6. The van der Waals surface area contributed by atoms with Crippen molar-refractivity contribution in [1.29, 1.82) is 0 Å². The Bertz CT molecular complexity index is 570. The average Bonchev–Trinajstić information content (AvgIpc) is 2.60. The number of hydrogen-bond donors (Lipinski definition) is 4. The highest BCUT2D eigenvalue weighted by atomic mass is 16.6. The highest BCUT2D eigenvalue weighted by Crippen LogP contribution is 2.12. The first-order valence-electron chi connectivity index (χ1n) is 10.8. The molecule has 196 valence electrons. The summed E-state index contributed by atoms with van der Waals surface area (Å²) in [5.41, 5.74) is -1.24. The zero-order valence-electron chi connectivity index (χ0n) is 21.6. The third kappa shape index (κ3) is 17.6. The van der Waals surface area contributed by atoms with Gasteiger partial charge in [0.05, 0.1) is 0 Å². The topological polar surface area (TPSA) is 183 Å². The summed E-state index contributed by atoms with van der Waals surface area (Å²) < 4.78 is 10.00. The molecule has 11 nitrogen and oxygen atoms in total. The second-order valence-corrected chi connectivity index (χ2v) is 9.70. The number of aliphatic carboxylic acids is 2. The molecule has 4 atom stereocenters. The van der Waals surface area contributed by atoms with Crippen LogP contribution in [0.15, 0.2) is 0 Å². The fourth-order valence-electron chi connectivity index (χ4n) is 2.24. The molecule has 6 N–H and O–H groups in total. The second-order valence-electron chi connectivity index (χ2n) is 9.70. The molecule has 0 aliphatic rings. The fraction of sp³-hybridized carbons (Fsp3) is 0.818. The molecule has 0 aliphatic heterocycles. The van der Waals surface area contributed by atoms with Crippen molar-refractivity contribution in [2.24, 2.45) is 11.8 Å². The number of carbonyl (C=O) groups excluding carboxylic acids is 2. The lowest BCUT2D eigenvalue weighted by atomic mass is 10.00. The number of rotatable bonds is 8. The molecular weight excluding hydrogens is 436 g/mol. The molecule has 0 aliphatic carbocycles. The van der Waals surface area contributed by atoms with E-state index in [-0.39, 0.29) is 17.3 Å². The van der Waals surface area contributed by atoms with Crippen molar-refractivity contribution in [2.45, 2.75) is 105 Å². The van der Waals surface area contributed by atoms with E-state index in [2.05, 4.69) is 10.6 Å². The number of nitrogens with one attached hydrogen (secondary N) is 2. The molecule has 0 saturated heterocycles. The predicted octanol–water partition coefficient (Wildman–Crippen LogP) is 3.20. The zero-order valence-corrected chi connectivity index (χ0v) is 21.6. The summed E-state index contributed by atoms with van der Waals surface area (Å²) in [5.74, 6) is -2.35. The predicted molar refractivity (Wildman–Crippen MR) is 124 cm³/mol. The first-order valence-corrected chi connectivity index (χ1v) is 10.8. The van der Waals surface area contributed by atoms with Crippen LogP contribution in [0, 0.1) is 11.8 Å². The first-order chi connectivity index (χ1) is 14.3. The number of hydrogen-bond acceptors (Lipinski definition) is 6. The molecule has 0 aromatic heterocycles. The van der Waals surface area contributed by atoms with E-state index in [0.29, 0.717) is 12.8 Å². The quantitative estimate of drug-likeness (QED) is 0.408. The highest BCUT2D eigenvalue weighted by molar-refractivity contribution is 5.80. The second kappa shape index (κ2) is 15.3. The molecule has 0 heterocycles. The molecule has 0 radical (unpaired) electrons. The van der Waals surface area contributed by atoms with Gasteiger partial charge in [-0.15, -0.1) is 0 Å². The smallest absolute Gasteiger partial charge is 0.408 e. The molecule has 0 saturated carbocycles. The fourth-order valence-corrected chi connectivity index (χ4v) is 2.24. The number of carbonyl (C=O) groups is 4. The third-order valence-electron chi connectivity index (χ3n) is 4.30. The molecule has 0 bridgehead atoms. The lowest BCUT2D eigenvalue weighted by Crippen LogP contribution is -2.46. The number of carboxylic acid groups (broad SMARTS) is 2. The monoisotopic (exact) mass is 480 g/mol. The third-order valence-corrected chi connectivity index (χ3v) is 4.30. The van der Waals surface area contributed by atoms with Gasteiger partial charge in [0.25, 0.3) is 0 Å². The standard InChI is InChI=1S/2C11H21NO4.H2O/c2*1-6-7(2)8(9(13)14)12-10(15)16-11(3,4)5;/h2*7-8H,6H2,1-5H3,(H,12,15)(H,13,14);1H2. The summed E-state index contributed by atoms with van der Waals surface area (Å²) in [7, 11) is 0. The molecule has 11 heteroatoms. The van der Waals surface area contributed by atoms with Crippen LogP contribution >= 0.6 is 0 Å². The molecule has 0 aromatic carbocycles. The van der Waals surface area contributed by atoms with E-state index in [1.165, 1.54) is 0 Å². The summed E-state index contributed by atoms with van der Waals surface area (Å²) in [4.78, 5) is 44.7. The van der Waals surface area contributed by atoms with Gasteiger partial charge in [-0.1, -0.05) is 40.5 Å². The number of carboxylic acids is 2. The van der Waals surface area contributed by atoms with Crippen LogP contribution < -0.4 is 10.6 Å². The average molecular weight is 481 g/mol. The Labute approximate surface area is 196 Å². The van der Waals surface area contributed by atoms with Gasteiger partial charge in [0.15, 0.2) is 0 Å². The summed E-state index contributed by atoms with van der Waals surface area (Å²) in [6, 6.07) is -1.81. The van der Waals surface area contributed by atoms with Gasteiger partial charge >= 0.3 is 24.1 Å². The lowest BCUT2D eigenvalue weighted by molar-refractivity contribution is -0.141. The number of alkyl carbamates (subject to hydrolysis) is 2. The molecule has 33 heavy (non-hydrogen) atoms. The minimum Gasteiger partial charge on any atom is -0.480 e. The van der Waals surface area contributed by atoms with E-state index >= 15 is 0 Å². The van der Waals surface area contributed by atoms with Gasteiger partial charge in [-0.3, -0.25) is 0 Å². The molecule has 2 amide bonds. The van der Waals surface area contributed by atoms with Crippen molar-refractivity contribution < 1.29 is 44.3 Å². The Morgan fingerprint density at radius 2 is 0.939 bits per heavy atom. The van der Waals surface area contributed by atoms with Crippen LogP contribution in [0.5, 0.6) is 0 Å². The van der Waals surface area contributed by atoms with Crippen LogP contribution in [-0.2, 0) is 19.1 Å². The summed E-state index contributed by atoms with van der Waals surface area (Å²) in [6.45, 7) is 17.7. The van der Waals surface area contributed by atoms with Gasteiger partial charge in [-0.25, -0.2) is 19.2 Å². The van der Waals surface area contributed by atoms with Gasteiger partial charge in [0.2, 0.25) is 0 Å². The molecular formula is C22H44N2O9. The number of amides is 2. The SMILES string of the molecule is CCC(C)C(NC(=O)OC(C)(C)C)C(=O)O.CCC(C)C(NC(=O)OC(C)(C)C)C(=O)O.O. The van der Waals surface area contributed by atoms with Gasteiger partial charge in [0, 0.05) is 0 Å². The Hall–Kier alpha value is -2.56. The van der Waals surface area contributed by atoms with Crippen LogP contribution in [-0.4, -0.2) is 63.1 Å². The van der Waals surface area contributed by atoms with Crippen molar-refractivity contribution in [1.82, 2.24) is 10.6 Å². The minimum atomic E-state index is -1.04. The van der Waals surface area contributed by atoms with Crippen molar-refractivity contribution in [3.8, 4) is 0 Å². The van der Waals surface area contributed by atoms with Gasteiger partial charge in [-0.05, 0) is 53.4 Å². The lowest BCUT2D eigenvalue weighted by Gasteiger charge is -2.24. The van der Waals surface area contributed by atoms with E-state index in [9.17, 15) is 19.2 Å². The Morgan fingerprint density at radius 1 is 0.697 bits per heavy atom. The zero-order chi connectivity index (χ0) is 25.9. The Balaban J connectivity index is -0.000000529. The van der Waals surface area contributed by atoms with Crippen LogP contribution in [0.3, 0.4) is 0 Å². The van der Waals surface area contributed by atoms with E-state index in [1.807, 2.05) is 13.8 Å². The largest absolute Gasteiger partial charge is 0.480 e. The summed E-state index contributed by atoms with van der Waals surface area (Å²) in [5, 5.41) is 22.6. The summed E-state index contributed by atoms with van der Waals surface area (Å²) >= 11 is 0. The maximum absolute atomic E-state index is 11.4. The first kappa shape index (κ1) is 35.0. The Morgan fingerprint density at radius 3 is 1.09 bits per heavy atom. The Kier molecular flexibility index (Phi) is 16.3. The van der Waals surface area contributed by atoms with E-state index < -0.39 is 47.4 Å². The van der Waals surface area contributed by atoms with Crippen molar-refractivity contribution in [3.05, 3.63) is 0 Å². The van der Waals surface area contributed by atoms with Crippen molar-refractivity contribution in [2.75, 3.05) is 0 Å². The van der Waals surface area contributed by atoms with E-state index in [0.717, 1.165) is 0 Å². The van der Waals surface area contributed by atoms with Gasteiger partial charge in [0.1, 0.15) is 23.3 Å². The minimum absolute atomic E-state index is 0. The summed E-state index contributed by atoms with van der Waals surface area (Å²) in [6.07, 6.45) is -0.0418. The molecule has 0 fully saturated rings.